The molecule has 2 N–H and O–H groups in total. The van der Waals surface area contributed by atoms with Gasteiger partial charge in [0.15, 0.2) is 0 Å². The first-order chi connectivity index (χ1) is 10.1. The van der Waals surface area contributed by atoms with Crippen molar-refractivity contribution in [2.45, 2.75) is 19.0 Å². The largest absolute Gasteiger partial charge is 0.324 e. The fourth-order valence-corrected chi connectivity index (χ4v) is 3.09. The number of nitrogens with zero attached hydrogens (tertiary/aromatic N) is 1. The Bertz CT molecular complexity index is 587. The lowest BCUT2D eigenvalue weighted by atomic mass is 10.0. The molecule has 0 radical (unpaired) electrons. The topological polar surface area (TPSA) is 29.3 Å². The third-order valence-corrected chi connectivity index (χ3v) is 4.76. The molecule has 21 heavy (non-hydrogen) atoms. The quantitative estimate of drug-likeness (QED) is 0.744. The molecule has 0 aliphatic carbocycles. The molecule has 0 aliphatic rings. The van der Waals surface area contributed by atoms with Gasteiger partial charge >= 0.3 is 0 Å². The molecular weight excluding hydrogens is 392 g/mol. The van der Waals surface area contributed by atoms with Crippen LogP contribution in [-0.2, 0) is 6.54 Å². The molecule has 0 heterocycles. The molecule has 0 bridgehead atoms. The van der Waals surface area contributed by atoms with Crippen molar-refractivity contribution in [2.75, 3.05) is 13.6 Å². The first kappa shape index (κ1) is 16.7. The van der Waals surface area contributed by atoms with Crippen LogP contribution < -0.4 is 5.73 Å². The fraction of sp³-hybridized carbons (Fsp3) is 0.294. The second kappa shape index (κ2) is 8.08. The maximum Gasteiger partial charge on any atom is 0.0307 e. The molecule has 0 aromatic heterocycles. The first-order valence-electron chi connectivity index (χ1n) is 6.99. The third-order valence-electron chi connectivity index (χ3n) is 3.50. The highest BCUT2D eigenvalue weighted by Gasteiger charge is 2.09. The number of nitrogens with two attached hydrogens (primary N) is 1. The van der Waals surface area contributed by atoms with E-state index in [9.17, 15) is 0 Å². The van der Waals surface area contributed by atoms with Gasteiger partial charge in [-0.05, 0) is 49.3 Å². The lowest BCUT2D eigenvalue weighted by Gasteiger charge is -2.20. The Kier molecular flexibility index (Phi) is 6.42. The molecule has 0 saturated heterocycles. The standard InChI is InChI=1S/C17H20Br2N2/c1-21(12-14-5-2-3-8-16(14)19)10-9-17(20)13-6-4-7-15(18)11-13/h2-8,11,17H,9-10,12,20H2,1H3. The first-order valence-corrected chi connectivity index (χ1v) is 8.58. The average Bonchev–Trinajstić information content (AvgIpc) is 2.47. The van der Waals surface area contributed by atoms with E-state index >= 15 is 0 Å². The van der Waals surface area contributed by atoms with E-state index in [1.807, 2.05) is 18.2 Å². The van der Waals surface area contributed by atoms with Crippen molar-refractivity contribution in [1.29, 1.82) is 0 Å². The van der Waals surface area contributed by atoms with E-state index in [0.29, 0.717) is 0 Å². The van der Waals surface area contributed by atoms with Crippen LogP contribution in [0.5, 0.6) is 0 Å². The van der Waals surface area contributed by atoms with E-state index in [1.54, 1.807) is 0 Å². The van der Waals surface area contributed by atoms with Crippen LogP contribution in [0.2, 0.25) is 0 Å². The van der Waals surface area contributed by atoms with Crippen molar-refractivity contribution in [3.63, 3.8) is 0 Å². The molecule has 2 aromatic rings. The van der Waals surface area contributed by atoms with Crippen molar-refractivity contribution in [2.24, 2.45) is 5.73 Å². The van der Waals surface area contributed by atoms with Crippen LogP contribution in [0.1, 0.15) is 23.6 Å². The van der Waals surface area contributed by atoms with E-state index in [1.165, 1.54) is 11.1 Å². The van der Waals surface area contributed by atoms with E-state index in [2.05, 4.69) is 74.1 Å². The molecule has 1 unspecified atom stereocenters. The van der Waals surface area contributed by atoms with Crippen LogP contribution >= 0.6 is 31.9 Å². The van der Waals surface area contributed by atoms with Gasteiger partial charge in [0.1, 0.15) is 0 Å². The molecule has 0 saturated carbocycles. The van der Waals surface area contributed by atoms with Gasteiger partial charge in [-0.3, -0.25) is 0 Å². The Labute approximate surface area is 143 Å². The van der Waals surface area contributed by atoms with Crippen LogP contribution in [-0.4, -0.2) is 18.5 Å². The summed E-state index contributed by atoms with van der Waals surface area (Å²) in [6, 6.07) is 16.6. The molecule has 2 aromatic carbocycles. The van der Waals surface area contributed by atoms with Crippen LogP contribution in [0.4, 0.5) is 0 Å². The Morgan fingerprint density at radius 3 is 2.57 bits per heavy atom. The molecule has 1 atom stereocenters. The highest BCUT2D eigenvalue weighted by molar-refractivity contribution is 9.10. The summed E-state index contributed by atoms with van der Waals surface area (Å²) in [5, 5.41) is 0. The van der Waals surface area contributed by atoms with Gasteiger partial charge in [0.2, 0.25) is 0 Å². The maximum atomic E-state index is 6.28. The van der Waals surface area contributed by atoms with Crippen molar-refractivity contribution in [3.05, 3.63) is 68.6 Å². The summed E-state index contributed by atoms with van der Waals surface area (Å²) in [5.74, 6) is 0. The minimum absolute atomic E-state index is 0.0733. The summed E-state index contributed by atoms with van der Waals surface area (Å²) in [7, 11) is 2.13. The lowest BCUT2D eigenvalue weighted by Crippen LogP contribution is -2.23. The summed E-state index contributed by atoms with van der Waals surface area (Å²) < 4.78 is 2.24. The van der Waals surface area contributed by atoms with Gasteiger partial charge in [0.25, 0.3) is 0 Å². The Hall–Kier alpha value is -0.680. The monoisotopic (exact) mass is 410 g/mol. The van der Waals surface area contributed by atoms with Gasteiger partial charge in [-0.1, -0.05) is 62.2 Å². The van der Waals surface area contributed by atoms with Gasteiger partial charge in [0, 0.05) is 21.5 Å². The molecule has 0 spiro atoms. The van der Waals surface area contributed by atoms with Gasteiger partial charge in [-0.15, -0.1) is 0 Å². The SMILES string of the molecule is CN(CCC(N)c1cccc(Br)c1)Cc1ccccc1Br. The minimum Gasteiger partial charge on any atom is -0.324 e. The second-order valence-electron chi connectivity index (χ2n) is 5.28. The minimum atomic E-state index is 0.0733. The van der Waals surface area contributed by atoms with Gasteiger partial charge in [-0.2, -0.15) is 0 Å². The number of halogens is 2. The Morgan fingerprint density at radius 1 is 1.10 bits per heavy atom. The van der Waals surface area contributed by atoms with Crippen molar-refractivity contribution >= 4 is 31.9 Å². The predicted molar refractivity (Wildman–Crippen MR) is 96.2 cm³/mol. The summed E-state index contributed by atoms with van der Waals surface area (Å²) in [5.41, 5.74) is 8.76. The fourth-order valence-electron chi connectivity index (χ4n) is 2.26. The summed E-state index contributed by atoms with van der Waals surface area (Å²) in [6.45, 7) is 1.89. The third kappa shape index (κ3) is 5.22. The van der Waals surface area contributed by atoms with Crippen LogP contribution in [0, 0.1) is 0 Å². The smallest absolute Gasteiger partial charge is 0.0307 e. The Morgan fingerprint density at radius 2 is 1.86 bits per heavy atom. The summed E-state index contributed by atoms with van der Waals surface area (Å²) in [6.07, 6.45) is 0.942. The van der Waals surface area contributed by atoms with Crippen molar-refractivity contribution in [1.82, 2.24) is 4.90 Å². The highest BCUT2D eigenvalue weighted by Crippen LogP contribution is 2.20. The number of hydrogen-bond donors (Lipinski definition) is 1. The van der Waals surface area contributed by atoms with Crippen LogP contribution in [0.15, 0.2) is 57.5 Å². The molecule has 2 rings (SSSR count). The van der Waals surface area contributed by atoms with E-state index in [0.717, 1.165) is 28.5 Å². The van der Waals surface area contributed by atoms with E-state index in [-0.39, 0.29) is 6.04 Å². The summed E-state index contributed by atoms with van der Waals surface area (Å²) >= 11 is 7.08. The lowest BCUT2D eigenvalue weighted by molar-refractivity contribution is 0.311. The average molecular weight is 412 g/mol. The molecule has 4 heteroatoms. The highest BCUT2D eigenvalue weighted by atomic mass is 79.9. The number of benzene rings is 2. The van der Waals surface area contributed by atoms with Crippen LogP contribution in [0.3, 0.4) is 0 Å². The van der Waals surface area contributed by atoms with Crippen molar-refractivity contribution in [3.8, 4) is 0 Å². The zero-order valence-corrected chi connectivity index (χ0v) is 15.3. The second-order valence-corrected chi connectivity index (χ2v) is 7.05. The normalized spacial score (nSPS) is 12.6. The Balaban J connectivity index is 1.86. The number of hydrogen-bond acceptors (Lipinski definition) is 2. The van der Waals surface area contributed by atoms with Gasteiger partial charge in [0.05, 0.1) is 0 Å². The van der Waals surface area contributed by atoms with E-state index in [4.69, 9.17) is 5.73 Å². The molecule has 0 aliphatic heterocycles. The zero-order valence-electron chi connectivity index (χ0n) is 12.1. The maximum absolute atomic E-state index is 6.28. The van der Waals surface area contributed by atoms with Crippen LogP contribution in [0.25, 0.3) is 0 Å². The molecule has 0 fully saturated rings. The molecule has 2 nitrogen and oxygen atoms in total. The number of rotatable bonds is 6. The van der Waals surface area contributed by atoms with E-state index < -0.39 is 0 Å². The van der Waals surface area contributed by atoms with Crippen molar-refractivity contribution < 1.29 is 0 Å². The molecule has 0 amide bonds. The predicted octanol–water partition coefficient (Wildman–Crippen LogP) is 4.73. The molecule has 112 valence electrons. The van der Waals surface area contributed by atoms with Gasteiger partial charge in [-0.25, -0.2) is 0 Å². The summed E-state index contributed by atoms with van der Waals surface area (Å²) in [4.78, 5) is 2.30. The molecular formula is C17H20Br2N2. The zero-order chi connectivity index (χ0) is 15.2. The van der Waals surface area contributed by atoms with Gasteiger partial charge < -0.3 is 10.6 Å².